The molecule has 3 rings (SSSR count). The lowest BCUT2D eigenvalue weighted by Gasteiger charge is -2.21. The first-order valence-corrected chi connectivity index (χ1v) is 6.80. The van der Waals surface area contributed by atoms with Crippen molar-refractivity contribution in [2.24, 2.45) is 0 Å². The fraction of sp³-hybridized carbons (Fsp3) is 0.143. The van der Waals surface area contributed by atoms with Crippen LogP contribution in [-0.4, -0.2) is 11.3 Å². The molecule has 0 saturated heterocycles. The number of hydrogen-bond acceptors (Lipinski definition) is 0. The van der Waals surface area contributed by atoms with Gasteiger partial charge in [0.05, 0.1) is 0 Å². The third kappa shape index (κ3) is 1.60. The van der Waals surface area contributed by atoms with Crippen LogP contribution in [0.3, 0.4) is 0 Å². The predicted octanol–water partition coefficient (Wildman–Crippen LogP) is 3.23. The van der Waals surface area contributed by atoms with Gasteiger partial charge in [0.1, 0.15) is 0 Å². The monoisotopic (exact) mass is 212 g/mol. The van der Waals surface area contributed by atoms with E-state index in [-0.39, 0.29) is 7.92 Å². The molecule has 1 aromatic carbocycles. The highest BCUT2D eigenvalue weighted by Crippen LogP contribution is 2.52. The Hall–Kier alpha value is -1.13. The van der Waals surface area contributed by atoms with E-state index in [1.54, 1.807) is 0 Å². The lowest BCUT2D eigenvalue weighted by Crippen LogP contribution is -2.11. The van der Waals surface area contributed by atoms with Crippen molar-refractivity contribution in [3.8, 4) is 0 Å². The Kier molecular flexibility index (Phi) is 2.31. The molecular formula is C14H13P. The van der Waals surface area contributed by atoms with Crippen molar-refractivity contribution in [3.05, 3.63) is 66.8 Å². The smallest absolute Gasteiger partial charge is 0.0202 e. The van der Waals surface area contributed by atoms with Crippen LogP contribution in [-0.2, 0) is 0 Å². The minimum atomic E-state index is -0.0895. The van der Waals surface area contributed by atoms with Gasteiger partial charge in [-0.15, -0.1) is 0 Å². The van der Waals surface area contributed by atoms with Crippen LogP contribution in [0.25, 0.3) is 0 Å². The summed E-state index contributed by atoms with van der Waals surface area (Å²) in [4.78, 5) is 0. The van der Waals surface area contributed by atoms with Gasteiger partial charge in [-0.05, 0) is 5.30 Å². The van der Waals surface area contributed by atoms with E-state index < -0.39 is 0 Å². The molecule has 1 heteroatoms. The molecule has 0 radical (unpaired) electrons. The molecule has 15 heavy (non-hydrogen) atoms. The highest BCUT2D eigenvalue weighted by atomic mass is 31.1. The molecule has 0 aliphatic carbocycles. The van der Waals surface area contributed by atoms with Crippen LogP contribution in [0.1, 0.15) is 0 Å². The number of benzene rings is 1. The second-order valence-electron chi connectivity index (χ2n) is 3.88. The van der Waals surface area contributed by atoms with Crippen LogP contribution in [0.5, 0.6) is 0 Å². The van der Waals surface area contributed by atoms with Gasteiger partial charge in [0.2, 0.25) is 0 Å². The largest absolute Gasteiger partial charge is 0.0760 e. The van der Waals surface area contributed by atoms with Crippen molar-refractivity contribution >= 4 is 13.2 Å². The summed E-state index contributed by atoms with van der Waals surface area (Å²) < 4.78 is 0. The predicted molar refractivity (Wildman–Crippen MR) is 68.0 cm³/mol. The molecule has 2 aliphatic heterocycles. The number of rotatable bonds is 1. The van der Waals surface area contributed by atoms with E-state index in [1.165, 1.54) is 5.30 Å². The zero-order valence-corrected chi connectivity index (χ0v) is 9.35. The Morgan fingerprint density at radius 1 is 0.733 bits per heavy atom. The van der Waals surface area contributed by atoms with Crippen LogP contribution in [0.4, 0.5) is 0 Å². The van der Waals surface area contributed by atoms with Crippen molar-refractivity contribution in [1.82, 2.24) is 0 Å². The van der Waals surface area contributed by atoms with Crippen LogP contribution in [0, 0.1) is 0 Å². The molecule has 2 atom stereocenters. The van der Waals surface area contributed by atoms with Gasteiger partial charge in [-0.1, -0.05) is 74.7 Å². The van der Waals surface area contributed by atoms with Crippen LogP contribution in [0.2, 0.25) is 0 Å². The van der Waals surface area contributed by atoms with E-state index >= 15 is 0 Å². The first-order chi connectivity index (χ1) is 7.45. The molecule has 2 heterocycles. The molecule has 2 aliphatic rings. The zero-order chi connectivity index (χ0) is 10.1. The van der Waals surface area contributed by atoms with Gasteiger partial charge >= 0.3 is 0 Å². The molecule has 0 unspecified atom stereocenters. The van der Waals surface area contributed by atoms with Crippen molar-refractivity contribution in [3.63, 3.8) is 0 Å². The molecule has 1 aromatic rings. The summed E-state index contributed by atoms with van der Waals surface area (Å²) in [5.41, 5.74) is 1.28. The Labute approximate surface area is 91.8 Å². The van der Waals surface area contributed by atoms with E-state index in [9.17, 15) is 0 Å². The van der Waals surface area contributed by atoms with E-state index in [4.69, 9.17) is 0 Å². The maximum atomic E-state index is 2.36. The van der Waals surface area contributed by atoms with Crippen LogP contribution >= 0.6 is 7.92 Å². The molecule has 0 spiro atoms. The van der Waals surface area contributed by atoms with Crippen LogP contribution < -0.4 is 5.30 Å². The second-order valence-corrected chi connectivity index (χ2v) is 6.40. The van der Waals surface area contributed by atoms with Crippen molar-refractivity contribution in [2.75, 3.05) is 0 Å². The standard InChI is InChI=1S/C14H13P/c1-2-6-12(7-3-1)15-13-8-4-5-9-14(15)11-10-13/h1-11,13-14H/t13-,14-/m0/s1. The molecule has 0 amide bonds. The van der Waals surface area contributed by atoms with E-state index in [1.807, 2.05) is 0 Å². The maximum Gasteiger partial charge on any atom is 0.0202 e. The maximum absolute atomic E-state index is 2.36. The quantitative estimate of drug-likeness (QED) is 0.495. The fourth-order valence-corrected chi connectivity index (χ4v) is 4.97. The van der Waals surface area contributed by atoms with Crippen molar-refractivity contribution in [2.45, 2.75) is 11.3 Å². The molecule has 2 bridgehead atoms. The highest BCUT2D eigenvalue weighted by Gasteiger charge is 2.29. The molecule has 0 N–H and O–H groups in total. The number of allylic oxidation sites excluding steroid dienone is 6. The normalized spacial score (nSPS) is 31.9. The molecular weight excluding hydrogens is 199 g/mol. The highest BCUT2D eigenvalue weighted by molar-refractivity contribution is 7.68. The fourth-order valence-electron chi connectivity index (χ4n) is 2.23. The third-order valence-electron chi connectivity index (χ3n) is 2.93. The van der Waals surface area contributed by atoms with Crippen molar-refractivity contribution in [1.29, 1.82) is 0 Å². The van der Waals surface area contributed by atoms with E-state index in [2.05, 4.69) is 66.8 Å². The van der Waals surface area contributed by atoms with Gasteiger partial charge in [0.15, 0.2) is 0 Å². The van der Waals surface area contributed by atoms with E-state index in [0.717, 1.165) is 0 Å². The zero-order valence-electron chi connectivity index (χ0n) is 8.45. The van der Waals surface area contributed by atoms with Gasteiger partial charge in [0.25, 0.3) is 0 Å². The Morgan fingerprint density at radius 3 is 1.93 bits per heavy atom. The summed E-state index contributed by atoms with van der Waals surface area (Å²) in [5.74, 6) is 0. The first kappa shape index (κ1) is 9.12. The van der Waals surface area contributed by atoms with Gasteiger partial charge in [0, 0.05) is 11.3 Å². The average molecular weight is 212 g/mol. The van der Waals surface area contributed by atoms with Gasteiger partial charge in [-0.2, -0.15) is 0 Å². The Morgan fingerprint density at radius 2 is 1.33 bits per heavy atom. The first-order valence-electron chi connectivity index (χ1n) is 5.32. The second kappa shape index (κ2) is 3.79. The third-order valence-corrected chi connectivity index (χ3v) is 5.80. The summed E-state index contributed by atoms with van der Waals surface area (Å²) in [6.07, 6.45) is 13.8. The summed E-state index contributed by atoms with van der Waals surface area (Å²) >= 11 is 0. The molecule has 0 aromatic heterocycles. The van der Waals surface area contributed by atoms with E-state index in [0.29, 0.717) is 11.3 Å². The molecule has 0 saturated carbocycles. The van der Waals surface area contributed by atoms with Gasteiger partial charge < -0.3 is 0 Å². The topological polar surface area (TPSA) is 0 Å². The van der Waals surface area contributed by atoms with Crippen LogP contribution in [0.15, 0.2) is 66.8 Å². The SMILES string of the molecule is C1=C[C@H]2C=C[C@H](C=C1)P2c1ccccc1. The Balaban J connectivity index is 2.02. The summed E-state index contributed by atoms with van der Waals surface area (Å²) in [6, 6.07) is 10.9. The molecule has 74 valence electrons. The van der Waals surface area contributed by atoms with Crippen molar-refractivity contribution < 1.29 is 0 Å². The lowest BCUT2D eigenvalue weighted by molar-refractivity contribution is 1.41. The van der Waals surface area contributed by atoms with Gasteiger partial charge in [-0.3, -0.25) is 0 Å². The molecule has 0 nitrogen and oxygen atoms in total. The minimum absolute atomic E-state index is 0.0895. The number of hydrogen-bond donors (Lipinski definition) is 0. The summed E-state index contributed by atoms with van der Waals surface area (Å²) in [7, 11) is -0.0895. The summed E-state index contributed by atoms with van der Waals surface area (Å²) in [6.45, 7) is 0. The Bertz CT molecular complexity index is 406. The lowest BCUT2D eigenvalue weighted by atomic mass is 10.2. The number of fused-ring (bicyclic) bond motifs is 2. The average Bonchev–Trinajstić information content (AvgIpc) is 2.53. The summed E-state index contributed by atoms with van der Waals surface area (Å²) in [5, 5.41) is 1.52. The van der Waals surface area contributed by atoms with Gasteiger partial charge in [-0.25, -0.2) is 0 Å². The molecule has 0 fully saturated rings. The minimum Gasteiger partial charge on any atom is -0.0760 e.